The van der Waals surface area contributed by atoms with Gasteiger partial charge in [0.25, 0.3) is 0 Å². The summed E-state index contributed by atoms with van der Waals surface area (Å²) >= 11 is 0. The minimum Gasteiger partial charge on any atom is -0.456 e. The van der Waals surface area contributed by atoms with E-state index in [-0.39, 0.29) is 5.41 Å². The SMILES string of the molecule is c1cc(-c2ccc3c(c2)-c2cccc4cccc(c24)O3)cc(-c2cccc3c2-c2ccccc2C32C3CC4CC(C3)CC2C4)c1. The van der Waals surface area contributed by atoms with Gasteiger partial charge in [-0.3, -0.25) is 0 Å². The van der Waals surface area contributed by atoms with Crippen LogP contribution in [0.15, 0.2) is 121 Å². The van der Waals surface area contributed by atoms with Crippen LogP contribution < -0.4 is 4.74 Å². The van der Waals surface area contributed by atoms with Crippen LogP contribution in [0.5, 0.6) is 11.5 Å². The van der Waals surface area contributed by atoms with Gasteiger partial charge in [0.2, 0.25) is 0 Å². The highest BCUT2D eigenvalue weighted by molar-refractivity contribution is 6.04. The summed E-state index contributed by atoms with van der Waals surface area (Å²) in [5, 5.41) is 2.42. The Balaban J connectivity index is 1.06. The van der Waals surface area contributed by atoms with E-state index in [0.29, 0.717) is 0 Å². The van der Waals surface area contributed by atoms with Gasteiger partial charge in [0.05, 0.1) is 0 Å². The largest absolute Gasteiger partial charge is 0.456 e. The first kappa shape index (κ1) is 24.7. The molecule has 1 nitrogen and oxygen atoms in total. The summed E-state index contributed by atoms with van der Waals surface area (Å²) in [6.45, 7) is 0. The fourth-order valence-corrected chi connectivity index (χ4v) is 11.1. The zero-order valence-electron chi connectivity index (χ0n) is 25.3. The summed E-state index contributed by atoms with van der Waals surface area (Å²) in [6, 6.07) is 45.6. The Morgan fingerprint density at radius 2 is 1.13 bits per heavy atom. The van der Waals surface area contributed by atoms with Crippen molar-refractivity contribution in [2.24, 2.45) is 23.7 Å². The van der Waals surface area contributed by atoms with Crippen molar-refractivity contribution in [3.05, 3.63) is 132 Å². The highest BCUT2D eigenvalue weighted by atomic mass is 16.5. The van der Waals surface area contributed by atoms with Gasteiger partial charge in [0.15, 0.2) is 0 Å². The maximum absolute atomic E-state index is 6.41. The number of rotatable bonds is 2. The molecular formula is C44H34O. The Morgan fingerprint density at radius 1 is 0.467 bits per heavy atom. The van der Waals surface area contributed by atoms with Crippen LogP contribution in [0.3, 0.4) is 0 Å². The lowest BCUT2D eigenvalue weighted by atomic mass is 9.43. The molecule has 1 heterocycles. The molecule has 0 amide bonds. The Kier molecular flexibility index (Phi) is 4.80. The third-order valence-corrected chi connectivity index (χ3v) is 12.4. The molecule has 0 atom stereocenters. The molecule has 12 rings (SSSR count). The van der Waals surface area contributed by atoms with E-state index in [1.807, 2.05) is 0 Å². The Hall–Kier alpha value is -4.62. The summed E-state index contributed by atoms with van der Waals surface area (Å²) in [7, 11) is 0. The topological polar surface area (TPSA) is 9.23 Å². The van der Waals surface area contributed by atoms with Gasteiger partial charge in [0.1, 0.15) is 11.5 Å². The van der Waals surface area contributed by atoms with Gasteiger partial charge in [-0.05, 0) is 135 Å². The molecule has 5 aliphatic carbocycles. The van der Waals surface area contributed by atoms with Crippen LogP contribution in [0.25, 0.3) is 55.3 Å². The molecule has 1 heteroatoms. The van der Waals surface area contributed by atoms with Gasteiger partial charge >= 0.3 is 0 Å². The standard InChI is InChI=1S/C44H34O/c1-2-14-38-36(11-1)43-34(12-6-15-39(43)44(38)32-20-26-19-27(22-32)23-33(44)21-26)31-10-3-9-29(24-31)30-17-18-40-37(25-30)35-13-4-7-28-8-5-16-41(45-40)42(28)35/h1-18,24-27,32-33H,19-23H2. The van der Waals surface area contributed by atoms with Gasteiger partial charge in [-0.15, -0.1) is 0 Å². The predicted molar refractivity (Wildman–Crippen MR) is 184 cm³/mol. The van der Waals surface area contributed by atoms with Crippen molar-refractivity contribution in [3.63, 3.8) is 0 Å². The molecule has 0 aromatic heterocycles. The van der Waals surface area contributed by atoms with E-state index in [1.54, 1.807) is 11.1 Å². The number of hydrogen-bond donors (Lipinski definition) is 0. The van der Waals surface area contributed by atoms with E-state index in [0.717, 1.165) is 35.2 Å². The van der Waals surface area contributed by atoms with E-state index in [1.165, 1.54) is 87.4 Å². The number of benzene rings is 6. The van der Waals surface area contributed by atoms with Crippen LogP contribution in [0, 0.1) is 23.7 Å². The van der Waals surface area contributed by atoms with Crippen molar-refractivity contribution in [2.45, 2.75) is 37.5 Å². The predicted octanol–water partition coefficient (Wildman–Crippen LogP) is 11.7. The average molecular weight is 579 g/mol. The lowest BCUT2D eigenvalue weighted by Gasteiger charge is -2.61. The summed E-state index contributed by atoms with van der Waals surface area (Å²) < 4.78 is 6.41. The Bertz CT molecular complexity index is 2190. The summed E-state index contributed by atoms with van der Waals surface area (Å²) in [5.41, 5.74) is 14.0. The van der Waals surface area contributed by atoms with Crippen molar-refractivity contribution in [3.8, 4) is 56.0 Å². The molecule has 0 N–H and O–H groups in total. The van der Waals surface area contributed by atoms with E-state index in [2.05, 4.69) is 121 Å². The van der Waals surface area contributed by atoms with Crippen LogP contribution in [0.2, 0.25) is 0 Å². The van der Waals surface area contributed by atoms with E-state index in [9.17, 15) is 0 Å². The highest BCUT2D eigenvalue weighted by Crippen LogP contribution is 2.70. The van der Waals surface area contributed by atoms with Crippen molar-refractivity contribution in [2.75, 3.05) is 0 Å². The molecule has 0 unspecified atom stereocenters. The van der Waals surface area contributed by atoms with Crippen molar-refractivity contribution >= 4 is 10.8 Å². The fourth-order valence-electron chi connectivity index (χ4n) is 11.1. The number of hydrogen-bond acceptors (Lipinski definition) is 1. The Morgan fingerprint density at radius 3 is 2.00 bits per heavy atom. The maximum Gasteiger partial charge on any atom is 0.135 e. The second kappa shape index (κ2) is 8.76. The first-order valence-corrected chi connectivity index (χ1v) is 16.9. The van der Waals surface area contributed by atoms with Crippen molar-refractivity contribution in [1.29, 1.82) is 0 Å². The van der Waals surface area contributed by atoms with Gasteiger partial charge < -0.3 is 4.74 Å². The number of ether oxygens (including phenoxy) is 1. The molecule has 216 valence electrons. The fraction of sp³-hybridized carbons (Fsp3) is 0.227. The lowest BCUT2D eigenvalue weighted by Crippen LogP contribution is -2.55. The van der Waals surface area contributed by atoms with Gasteiger partial charge in [0, 0.05) is 16.4 Å². The molecule has 1 spiro atoms. The average Bonchev–Trinajstić information content (AvgIpc) is 3.38. The normalized spacial score (nSPS) is 26.0. The quantitative estimate of drug-likeness (QED) is 0.198. The first-order valence-electron chi connectivity index (χ1n) is 16.9. The lowest BCUT2D eigenvalue weighted by molar-refractivity contribution is -0.0399. The summed E-state index contributed by atoms with van der Waals surface area (Å²) in [6.07, 6.45) is 7.16. The molecule has 45 heavy (non-hydrogen) atoms. The molecule has 0 radical (unpaired) electrons. The maximum atomic E-state index is 6.41. The molecule has 0 saturated heterocycles. The molecule has 6 aromatic rings. The molecule has 4 fully saturated rings. The van der Waals surface area contributed by atoms with Crippen molar-refractivity contribution < 1.29 is 4.74 Å². The number of fused-ring (bicyclic) bond motifs is 5. The van der Waals surface area contributed by atoms with Crippen molar-refractivity contribution in [1.82, 2.24) is 0 Å². The molecule has 4 bridgehead atoms. The van der Waals surface area contributed by atoms with Crippen LogP contribution in [0.4, 0.5) is 0 Å². The van der Waals surface area contributed by atoms with E-state index < -0.39 is 0 Å². The molecule has 4 saturated carbocycles. The first-order chi connectivity index (χ1) is 22.3. The molecule has 1 aliphatic heterocycles. The summed E-state index contributed by atoms with van der Waals surface area (Å²) in [5.74, 6) is 5.35. The third-order valence-electron chi connectivity index (χ3n) is 12.4. The Labute approximate surface area is 264 Å². The summed E-state index contributed by atoms with van der Waals surface area (Å²) in [4.78, 5) is 0. The minimum atomic E-state index is 0.197. The van der Waals surface area contributed by atoms with Crippen LogP contribution in [-0.2, 0) is 5.41 Å². The molecular weight excluding hydrogens is 544 g/mol. The van der Waals surface area contributed by atoms with Crippen LogP contribution in [0.1, 0.15) is 43.2 Å². The minimum absolute atomic E-state index is 0.197. The highest BCUT2D eigenvalue weighted by Gasteiger charge is 2.61. The molecule has 6 aromatic carbocycles. The van der Waals surface area contributed by atoms with Gasteiger partial charge in [-0.25, -0.2) is 0 Å². The second-order valence-corrected chi connectivity index (χ2v) is 14.5. The van der Waals surface area contributed by atoms with E-state index >= 15 is 0 Å². The molecule has 6 aliphatic rings. The van der Waals surface area contributed by atoms with E-state index in [4.69, 9.17) is 4.74 Å². The zero-order chi connectivity index (χ0) is 29.3. The van der Waals surface area contributed by atoms with Crippen LogP contribution in [-0.4, -0.2) is 0 Å². The van der Waals surface area contributed by atoms with Gasteiger partial charge in [-0.1, -0.05) is 97.1 Å². The zero-order valence-corrected chi connectivity index (χ0v) is 25.3. The van der Waals surface area contributed by atoms with Gasteiger partial charge in [-0.2, -0.15) is 0 Å². The second-order valence-electron chi connectivity index (χ2n) is 14.5. The third kappa shape index (κ3) is 3.19. The van der Waals surface area contributed by atoms with Crippen LogP contribution >= 0.6 is 0 Å². The monoisotopic (exact) mass is 578 g/mol. The smallest absolute Gasteiger partial charge is 0.135 e.